The topological polar surface area (TPSA) is 36.9 Å². The Morgan fingerprint density at radius 3 is 1.81 bits per heavy atom. The highest BCUT2D eigenvalue weighted by molar-refractivity contribution is 5.67. The van der Waals surface area contributed by atoms with Crippen molar-refractivity contribution in [3.63, 3.8) is 0 Å². The predicted molar refractivity (Wildman–Crippen MR) is 108 cm³/mol. The summed E-state index contributed by atoms with van der Waals surface area (Å²) in [5.74, 6) is 2.52. The molecule has 1 rings (SSSR count). The van der Waals surface area contributed by atoms with E-state index in [1.165, 1.54) is 11.1 Å². The summed E-state index contributed by atoms with van der Waals surface area (Å²) in [4.78, 5) is 0. The van der Waals surface area contributed by atoms with Crippen molar-refractivity contribution in [2.45, 2.75) is 53.4 Å². The second-order valence-corrected chi connectivity index (χ2v) is 6.43. The third-order valence-corrected chi connectivity index (χ3v) is 4.75. The summed E-state index contributed by atoms with van der Waals surface area (Å²) in [7, 11) is 6.52. The number of methoxy groups -OCH3 is 4. The van der Waals surface area contributed by atoms with Crippen molar-refractivity contribution < 1.29 is 18.9 Å². The normalized spacial score (nSPS) is 12.2. The summed E-state index contributed by atoms with van der Waals surface area (Å²) in [6.45, 7) is 8.57. The van der Waals surface area contributed by atoms with Crippen molar-refractivity contribution in [1.82, 2.24) is 0 Å². The Labute approximate surface area is 158 Å². The summed E-state index contributed by atoms with van der Waals surface area (Å²) in [6, 6.07) is 0. The van der Waals surface area contributed by atoms with Crippen LogP contribution in [0.5, 0.6) is 23.0 Å². The van der Waals surface area contributed by atoms with Crippen LogP contribution < -0.4 is 18.9 Å². The van der Waals surface area contributed by atoms with Gasteiger partial charge in [-0.1, -0.05) is 30.2 Å². The molecule has 0 unspecified atom stereocenters. The Kier molecular flexibility index (Phi) is 9.11. The van der Waals surface area contributed by atoms with E-state index in [1.54, 1.807) is 28.4 Å². The average molecular weight is 363 g/mol. The van der Waals surface area contributed by atoms with Crippen LogP contribution in [0.25, 0.3) is 0 Å². The minimum atomic E-state index is 0.564. The fourth-order valence-electron chi connectivity index (χ4n) is 2.97. The Morgan fingerprint density at radius 2 is 1.31 bits per heavy atom. The van der Waals surface area contributed by atoms with Crippen LogP contribution >= 0.6 is 0 Å². The highest BCUT2D eigenvalue weighted by Gasteiger charge is 2.24. The van der Waals surface area contributed by atoms with Crippen molar-refractivity contribution in [1.29, 1.82) is 0 Å². The zero-order valence-corrected chi connectivity index (χ0v) is 17.6. The van der Waals surface area contributed by atoms with Gasteiger partial charge in [-0.3, -0.25) is 0 Å². The van der Waals surface area contributed by atoms with Gasteiger partial charge in [-0.25, -0.2) is 0 Å². The lowest BCUT2D eigenvalue weighted by Crippen LogP contribution is -2.04. The van der Waals surface area contributed by atoms with Crippen molar-refractivity contribution in [2.24, 2.45) is 0 Å². The minimum absolute atomic E-state index is 0.564. The second kappa shape index (κ2) is 10.8. The van der Waals surface area contributed by atoms with E-state index >= 15 is 0 Å². The molecule has 1 aromatic rings. The summed E-state index contributed by atoms with van der Waals surface area (Å²) in [6.07, 6.45) is 8.59. The van der Waals surface area contributed by atoms with E-state index in [2.05, 4.69) is 32.9 Å². The summed E-state index contributed by atoms with van der Waals surface area (Å²) in [5.41, 5.74) is 4.87. The maximum absolute atomic E-state index is 5.65. The average Bonchev–Trinajstić information content (AvgIpc) is 2.65. The molecule has 1 aromatic carbocycles. The fraction of sp³-hybridized carbons (Fsp3) is 0.545. The fourth-order valence-corrected chi connectivity index (χ4v) is 2.97. The van der Waals surface area contributed by atoms with Gasteiger partial charge in [0.15, 0.2) is 11.5 Å². The number of hydrogen-bond acceptors (Lipinski definition) is 4. The lowest BCUT2D eigenvalue weighted by molar-refractivity contribution is 0.302. The van der Waals surface area contributed by atoms with E-state index in [0.29, 0.717) is 23.0 Å². The molecule has 0 spiro atoms. The Balaban J connectivity index is 3.17. The van der Waals surface area contributed by atoms with Crippen LogP contribution in [0.15, 0.2) is 23.3 Å². The molecule has 146 valence electrons. The molecule has 0 aliphatic heterocycles. The molecule has 4 nitrogen and oxygen atoms in total. The smallest absolute Gasteiger partial charge is 0.207 e. The van der Waals surface area contributed by atoms with E-state index < -0.39 is 0 Å². The predicted octanol–water partition coefficient (Wildman–Crippen LogP) is 5.65. The Bertz CT molecular complexity index is 657. The Morgan fingerprint density at radius 1 is 0.769 bits per heavy atom. The maximum Gasteiger partial charge on any atom is 0.207 e. The van der Waals surface area contributed by atoms with Crippen LogP contribution in [0.4, 0.5) is 0 Å². The molecule has 0 heterocycles. The van der Waals surface area contributed by atoms with E-state index in [9.17, 15) is 0 Å². The van der Waals surface area contributed by atoms with Gasteiger partial charge in [-0.15, -0.1) is 0 Å². The van der Waals surface area contributed by atoms with Gasteiger partial charge in [0.1, 0.15) is 0 Å². The monoisotopic (exact) mass is 362 g/mol. The molecular weight excluding hydrogens is 328 g/mol. The van der Waals surface area contributed by atoms with Gasteiger partial charge in [0.2, 0.25) is 11.5 Å². The molecule has 0 radical (unpaired) electrons. The van der Waals surface area contributed by atoms with Gasteiger partial charge in [0.25, 0.3) is 0 Å². The van der Waals surface area contributed by atoms with Gasteiger partial charge >= 0.3 is 0 Å². The number of rotatable bonds is 10. The SMILES string of the molecule is CCC(C)=CCCC(C)=CCc1c(C)c(OC)c(OC)c(OC)c1OC. The zero-order valence-electron chi connectivity index (χ0n) is 17.6. The first-order valence-electron chi connectivity index (χ1n) is 9.11. The van der Waals surface area contributed by atoms with Crippen LogP contribution in [0.2, 0.25) is 0 Å². The van der Waals surface area contributed by atoms with E-state index in [4.69, 9.17) is 18.9 Å². The van der Waals surface area contributed by atoms with Crippen molar-refractivity contribution >= 4 is 0 Å². The number of hydrogen-bond donors (Lipinski definition) is 0. The second-order valence-electron chi connectivity index (χ2n) is 6.43. The van der Waals surface area contributed by atoms with Gasteiger partial charge in [-0.2, -0.15) is 0 Å². The first kappa shape index (κ1) is 21.9. The minimum Gasteiger partial charge on any atom is -0.492 e. The van der Waals surface area contributed by atoms with E-state index in [-0.39, 0.29) is 0 Å². The third-order valence-electron chi connectivity index (χ3n) is 4.75. The molecule has 0 aliphatic carbocycles. The van der Waals surface area contributed by atoms with Crippen LogP contribution in [0.3, 0.4) is 0 Å². The molecule has 0 saturated carbocycles. The van der Waals surface area contributed by atoms with Crippen LogP contribution in [0, 0.1) is 6.92 Å². The van der Waals surface area contributed by atoms with Gasteiger partial charge in [0, 0.05) is 11.1 Å². The third kappa shape index (κ3) is 5.20. The quantitative estimate of drug-likeness (QED) is 0.504. The molecule has 0 aromatic heterocycles. The lowest BCUT2D eigenvalue weighted by Gasteiger charge is -2.21. The first-order valence-corrected chi connectivity index (χ1v) is 9.11. The van der Waals surface area contributed by atoms with Gasteiger partial charge in [-0.05, 0) is 46.5 Å². The Hall–Kier alpha value is -2.10. The van der Waals surface area contributed by atoms with Crippen LogP contribution in [-0.4, -0.2) is 28.4 Å². The van der Waals surface area contributed by atoms with Crippen molar-refractivity contribution in [2.75, 3.05) is 28.4 Å². The largest absolute Gasteiger partial charge is 0.492 e. The molecule has 4 heteroatoms. The van der Waals surface area contributed by atoms with Crippen LogP contribution in [0.1, 0.15) is 51.2 Å². The summed E-state index contributed by atoms with van der Waals surface area (Å²) in [5, 5.41) is 0. The highest BCUT2D eigenvalue weighted by atomic mass is 16.5. The summed E-state index contributed by atoms with van der Waals surface area (Å²) >= 11 is 0. The first-order chi connectivity index (χ1) is 12.4. The lowest BCUT2D eigenvalue weighted by atomic mass is 9.99. The number of ether oxygens (including phenoxy) is 4. The molecule has 0 atom stereocenters. The van der Waals surface area contributed by atoms with Crippen LogP contribution in [-0.2, 0) is 6.42 Å². The van der Waals surface area contributed by atoms with Crippen molar-refractivity contribution in [3.05, 3.63) is 34.4 Å². The number of allylic oxidation sites excluding steroid dienone is 4. The summed E-state index contributed by atoms with van der Waals surface area (Å²) < 4.78 is 22.3. The maximum atomic E-state index is 5.65. The zero-order chi connectivity index (χ0) is 19.7. The van der Waals surface area contributed by atoms with Gasteiger partial charge in [0.05, 0.1) is 28.4 Å². The molecule has 0 fully saturated rings. The molecule has 0 bridgehead atoms. The van der Waals surface area contributed by atoms with E-state index in [1.807, 2.05) is 6.92 Å². The number of benzene rings is 1. The standard InChI is InChI=1S/C22H34O4/c1-9-15(2)11-10-12-16(3)13-14-18-17(4)19(23-5)21(25-7)22(26-8)20(18)24-6/h11,13H,9-10,12,14H2,1-8H3. The molecule has 0 N–H and O–H groups in total. The van der Waals surface area contributed by atoms with E-state index in [0.717, 1.165) is 36.8 Å². The highest BCUT2D eigenvalue weighted by Crippen LogP contribution is 2.49. The molecule has 26 heavy (non-hydrogen) atoms. The van der Waals surface area contributed by atoms with Gasteiger partial charge < -0.3 is 18.9 Å². The van der Waals surface area contributed by atoms with Crippen molar-refractivity contribution in [3.8, 4) is 23.0 Å². The molecular formula is C22H34O4. The molecule has 0 aliphatic rings. The molecule has 0 amide bonds. The molecule has 0 saturated heterocycles.